The molecule has 1 N–H and O–H groups in total. The molecule has 2 aromatic rings. The van der Waals surface area contributed by atoms with Gasteiger partial charge in [-0.1, -0.05) is 6.07 Å². The van der Waals surface area contributed by atoms with Gasteiger partial charge >= 0.3 is 6.18 Å². The first-order valence-electron chi connectivity index (χ1n) is 6.11. The van der Waals surface area contributed by atoms with Gasteiger partial charge in [0.25, 0.3) is 0 Å². The number of nitrogens with zero attached hydrogens (tertiary/aromatic N) is 2. The number of hydrogen-bond acceptors (Lipinski definition) is 4. The van der Waals surface area contributed by atoms with E-state index in [1.165, 1.54) is 12.1 Å². The maximum Gasteiger partial charge on any atom is 0.416 e. The van der Waals surface area contributed by atoms with E-state index in [0.29, 0.717) is 11.8 Å². The molecule has 112 valence electrons. The Kier molecular flexibility index (Phi) is 4.25. The lowest BCUT2D eigenvalue weighted by molar-refractivity contribution is -0.137. The average molecular weight is 299 g/mol. The second-order valence-electron chi connectivity index (χ2n) is 4.34. The van der Waals surface area contributed by atoms with Crippen LogP contribution in [0.2, 0.25) is 0 Å². The number of halogens is 3. The number of alkyl halides is 3. The quantitative estimate of drug-likeness (QED) is 0.942. The van der Waals surface area contributed by atoms with Gasteiger partial charge in [0.2, 0.25) is 17.7 Å². The molecule has 0 spiro atoms. The molecule has 1 heterocycles. The maximum absolute atomic E-state index is 12.5. The summed E-state index contributed by atoms with van der Waals surface area (Å²) in [5, 5.41) is 9.74. The second-order valence-corrected chi connectivity index (χ2v) is 4.34. The van der Waals surface area contributed by atoms with Crippen molar-refractivity contribution in [2.24, 2.45) is 0 Å². The molecule has 0 aliphatic heterocycles. The molecule has 1 aromatic heterocycles. The summed E-state index contributed by atoms with van der Waals surface area (Å²) in [4.78, 5) is 11.7. The van der Waals surface area contributed by atoms with Crippen molar-refractivity contribution in [2.45, 2.75) is 25.9 Å². The molecule has 0 unspecified atom stereocenters. The number of nitrogens with one attached hydrogen (secondary N) is 1. The van der Waals surface area contributed by atoms with Gasteiger partial charge < -0.3 is 9.73 Å². The molecule has 1 aromatic carbocycles. The van der Waals surface area contributed by atoms with Crippen molar-refractivity contribution < 1.29 is 22.4 Å². The summed E-state index contributed by atoms with van der Waals surface area (Å²) in [6.07, 6.45) is -4.18. The van der Waals surface area contributed by atoms with Gasteiger partial charge in [0.1, 0.15) is 0 Å². The molecule has 0 atom stereocenters. The van der Waals surface area contributed by atoms with E-state index < -0.39 is 17.6 Å². The van der Waals surface area contributed by atoms with E-state index in [1.807, 2.05) is 0 Å². The van der Waals surface area contributed by atoms with Crippen molar-refractivity contribution >= 4 is 11.6 Å². The number of carbonyl (C=O) groups is 1. The number of aromatic nitrogens is 2. The largest absolute Gasteiger partial charge is 0.426 e. The van der Waals surface area contributed by atoms with Crippen LogP contribution in [0.15, 0.2) is 28.7 Å². The molecular formula is C13H12F3N3O2. The summed E-state index contributed by atoms with van der Waals surface area (Å²) in [7, 11) is 0. The summed E-state index contributed by atoms with van der Waals surface area (Å²) in [5.74, 6) is 0.278. The third-order valence-corrected chi connectivity index (χ3v) is 2.61. The molecule has 0 saturated carbocycles. The van der Waals surface area contributed by atoms with Gasteiger partial charge in [-0.15, -0.1) is 10.2 Å². The zero-order valence-electron chi connectivity index (χ0n) is 11.1. The molecule has 0 saturated heterocycles. The summed E-state index contributed by atoms with van der Waals surface area (Å²) in [5.41, 5.74) is -0.718. The zero-order valence-corrected chi connectivity index (χ0v) is 11.1. The van der Waals surface area contributed by atoms with E-state index in [0.717, 1.165) is 12.1 Å². The van der Waals surface area contributed by atoms with E-state index in [-0.39, 0.29) is 18.5 Å². The number of hydrogen-bond donors (Lipinski definition) is 1. The van der Waals surface area contributed by atoms with Crippen LogP contribution >= 0.6 is 0 Å². The highest BCUT2D eigenvalue weighted by Gasteiger charge is 2.30. The highest BCUT2D eigenvalue weighted by Crippen LogP contribution is 2.30. The van der Waals surface area contributed by atoms with Crippen LogP contribution in [-0.4, -0.2) is 16.1 Å². The first-order valence-corrected chi connectivity index (χ1v) is 6.11. The Hall–Kier alpha value is -2.38. The van der Waals surface area contributed by atoms with Crippen LogP contribution in [0.25, 0.3) is 0 Å². The van der Waals surface area contributed by atoms with Crippen molar-refractivity contribution in [1.82, 2.24) is 10.2 Å². The van der Waals surface area contributed by atoms with E-state index in [1.54, 1.807) is 6.92 Å². The first-order chi connectivity index (χ1) is 9.84. The second kappa shape index (κ2) is 5.94. The van der Waals surface area contributed by atoms with Crippen molar-refractivity contribution in [3.63, 3.8) is 0 Å². The SMILES string of the molecule is Cc1nnc(CCC(=O)Nc2cccc(C(F)(F)F)c2)o1. The molecule has 0 radical (unpaired) electrons. The maximum atomic E-state index is 12.5. The standard InChI is InChI=1S/C13H12F3N3O2/c1-8-18-19-12(21-8)6-5-11(20)17-10-4-2-3-9(7-10)13(14,15)16/h2-4,7H,5-6H2,1H3,(H,17,20). The molecule has 0 bridgehead atoms. The van der Waals surface area contributed by atoms with Gasteiger partial charge in [-0.25, -0.2) is 0 Å². The van der Waals surface area contributed by atoms with Gasteiger partial charge in [0.15, 0.2) is 0 Å². The first kappa shape index (κ1) is 15.0. The normalized spacial score (nSPS) is 11.4. The fraction of sp³-hybridized carbons (Fsp3) is 0.308. The summed E-state index contributed by atoms with van der Waals surface area (Å²) in [6.45, 7) is 1.62. The highest BCUT2D eigenvalue weighted by molar-refractivity contribution is 5.90. The Morgan fingerprint density at radius 1 is 1.33 bits per heavy atom. The van der Waals surface area contributed by atoms with Crippen molar-refractivity contribution in [1.29, 1.82) is 0 Å². The van der Waals surface area contributed by atoms with E-state index in [2.05, 4.69) is 15.5 Å². The minimum absolute atomic E-state index is 0.0396. The zero-order chi connectivity index (χ0) is 15.5. The van der Waals surface area contributed by atoms with Crippen molar-refractivity contribution in [3.8, 4) is 0 Å². The topological polar surface area (TPSA) is 68.0 Å². The van der Waals surface area contributed by atoms with Crippen LogP contribution in [0.5, 0.6) is 0 Å². The van der Waals surface area contributed by atoms with Crippen molar-refractivity contribution in [3.05, 3.63) is 41.6 Å². The molecule has 0 fully saturated rings. The Morgan fingerprint density at radius 3 is 2.71 bits per heavy atom. The lowest BCUT2D eigenvalue weighted by Gasteiger charge is -2.09. The van der Waals surface area contributed by atoms with E-state index in [9.17, 15) is 18.0 Å². The number of amides is 1. The number of rotatable bonds is 4. The number of carbonyl (C=O) groups excluding carboxylic acids is 1. The predicted molar refractivity (Wildman–Crippen MR) is 67.4 cm³/mol. The minimum Gasteiger partial charge on any atom is -0.426 e. The van der Waals surface area contributed by atoms with E-state index >= 15 is 0 Å². The molecule has 8 heteroatoms. The Bertz CT molecular complexity index is 638. The number of aryl methyl sites for hydroxylation is 2. The summed E-state index contributed by atoms with van der Waals surface area (Å²) >= 11 is 0. The fourth-order valence-electron chi connectivity index (χ4n) is 1.66. The van der Waals surface area contributed by atoms with E-state index in [4.69, 9.17) is 4.42 Å². The third-order valence-electron chi connectivity index (χ3n) is 2.61. The Labute approximate surface area is 118 Å². The number of anilines is 1. The van der Waals surface area contributed by atoms with Gasteiger partial charge in [-0.3, -0.25) is 4.79 Å². The van der Waals surface area contributed by atoms with Crippen LogP contribution in [0, 0.1) is 6.92 Å². The molecule has 2 rings (SSSR count). The molecule has 0 aliphatic rings. The number of benzene rings is 1. The van der Waals surface area contributed by atoms with Crippen LogP contribution < -0.4 is 5.32 Å². The molecule has 5 nitrogen and oxygen atoms in total. The van der Waals surface area contributed by atoms with Crippen LogP contribution in [0.1, 0.15) is 23.8 Å². The van der Waals surface area contributed by atoms with Crippen LogP contribution in [0.3, 0.4) is 0 Å². The average Bonchev–Trinajstić information content (AvgIpc) is 2.82. The van der Waals surface area contributed by atoms with Gasteiger partial charge in [0.05, 0.1) is 5.56 Å². The van der Waals surface area contributed by atoms with Crippen LogP contribution in [-0.2, 0) is 17.4 Å². The summed E-state index contributed by atoms with van der Waals surface area (Å²) in [6, 6.07) is 4.45. The predicted octanol–water partition coefficient (Wildman–Crippen LogP) is 2.97. The Balaban J connectivity index is 1.93. The lowest BCUT2D eigenvalue weighted by Crippen LogP contribution is -2.13. The third kappa shape index (κ3) is 4.30. The summed E-state index contributed by atoms with van der Waals surface area (Å²) < 4.78 is 42.7. The lowest BCUT2D eigenvalue weighted by atomic mass is 10.2. The molecule has 1 amide bonds. The van der Waals surface area contributed by atoms with Crippen LogP contribution in [0.4, 0.5) is 18.9 Å². The highest BCUT2D eigenvalue weighted by atomic mass is 19.4. The van der Waals surface area contributed by atoms with Gasteiger partial charge in [-0.05, 0) is 18.2 Å². The fourth-order valence-corrected chi connectivity index (χ4v) is 1.66. The molecular weight excluding hydrogens is 287 g/mol. The Morgan fingerprint density at radius 2 is 2.10 bits per heavy atom. The van der Waals surface area contributed by atoms with Gasteiger partial charge in [0, 0.05) is 25.5 Å². The molecule has 0 aliphatic carbocycles. The molecule has 21 heavy (non-hydrogen) atoms. The smallest absolute Gasteiger partial charge is 0.416 e. The van der Waals surface area contributed by atoms with Crippen molar-refractivity contribution in [2.75, 3.05) is 5.32 Å². The minimum atomic E-state index is -4.44. The monoisotopic (exact) mass is 299 g/mol. The van der Waals surface area contributed by atoms with Gasteiger partial charge in [-0.2, -0.15) is 13.2 Å².